The number of rotatable bonds is 3. The van der Waals surface area contributed by atoms with Crippen molar-refractivity contribution in [3.63, 3.8) is 0 Å². The number of ether oxygens (including phenoxy) is 1. The Morgan fingerprint density at radius 1 is 1.64 bits per heavy atom. The smallest absolute Gasteiger partial charge is 0.251 e. The molecule has 4 heteroatoms. The van der Waals surface area contributed by atoms with E-state index < -0.39 is 6.10 Å². The Morgan fingerprint density at radius 2 is 2.29 bits per heavy atom. The Balaban J connectivity index is 2.35. The molecule has 1 heterocycles. The minimum absolute atomic E-state index is 0.0294. The fourth-order valence-electron chi connectivity index (χ4n) is 1.39. The average Bonchev–Trinajstić information content (AvgIpc) is 2.26. The molecule has 78 valence electrons. The number of nitrogens with zero attached hydrogens (tertiary/aromatic N) is 1. The van der Waals surface area contributed by atoms with Gasteiger partial charge in [-0.25, -0.2) is 0 Å². The van der Waals surface area contributed by atoms with Crippen molar-refractivity contribution in [2.45, 2.75) is 13.0 Å². The predicted octanol–water partition coefficient (Wildman–Crippen LogP) is -0.543. The van der Waals surface area contributed by atoms with Crippen molar-refractivity contribution < 1.29 is 9.53 Å². The molecule has 0 aromatic heterocycles. The van der Waals surface area contributed by atoms with E-state index in [1.807, 2.05) is 0 Å². The van der Waals surface area contributed by atoms with E-state index in [1.54, 1.807) is 11.8 Å². The van der Waals surface area contributed by atoms with Gasteiger partial charge in [0.2, 0.25) is 0 Å². The highest BCUT2D eigenvalue weighted by Gasteiger charge is 2.21. The van der Waals surface area contributed by atoms with Gasteiger partial charge < -0.3 is 15.0 Å². The number of carbonyl (C=O) groups excluding carboxylic acids is 1. The number of hydrogen-bond donors (Lipinski definition) is 1. The minimum atomic E-state index is -0.427. The van der Waals surface area contributed by atoms with Crippen molar-refractivity contribution in [1.82, 2.24) is 10.2 Å². The van der Waals surface area contributed by atoms with Gasteiger partial charge in [-0.15, -0.1) is 6.42 Å². The van der Waals surface area contributed by atoms with Crippen LogP contribution in [-0.4, -0.2) is 49.7 Å². The van der Waals surface area contributed by atoms with Crippen LogP contribution in [0.1, 0.15) is 6.92 Å². The molecule has 0 bridgehead atoms. The first kappa shape index (κ1) is 11.0. The van der Waals surface area contributed by atoms with Gasteiger partial charge in [0.1, 0.15) is 12.7 Å². The molecule has 0 radical (unpaired) electrons. The molecule has 0 aromatic carbocycles. The van der Waals surface area contributed by atoms with Crippen LogP contribution in [0.4, 0.5) is 0 Å². The molecule has 0 aromatic rings. The van der Waals surface area contributed by atoms with E-state index in [2.05, 4.69) is 11.2 Å². The lowest BCUT2D eigenvalue weighted by Crippen LogP contribution is -2.49. The summed E-state index contributed by atoms with van der Waals surface area (Å²) in [7, 11) is 0. The van der Waals surface area contributed by atoms with Crippen molar-refractivity contribution in [2.24, 2.45) is 0 Å². The molecule has 1 unspecified atom stereocenters. The molecule has 1 saturated heterocycles. The summed E-state index contributed by atoms with van der Waals surface area (Å²) in [6.45, 7) is 5.15. The number of amides is 1. The summed E-state index contributed by atoms with van der Waals surface area (Å²) >= 11 is 0. The lowest BCUT2D eigenvalue weighted by Gasteiger charge is -2.29. The van der Waals surface area contributed by atoms with Gasteiger partial charge in [0, 0.05) is 26.2 Å². The van der Waals surface area contributed by atoms with Gasteiger partial charge in [0.05, 0.1) is 0 Å². The lowest BCUT2D eigenvalue weighted by molar-refractivity contribution is -0.142. The number of piperazine rings is 1. The largest absolute Gasteiger partial charge is 0.356 e. The van der Waals surface area contributed by atoms with E-state index in [1.165, 1.54) is 0 Å². The molecule has 14 heavy (non-hydrogen) atoms. The van der Waals surface area contributed by atoms with Gasteiger partial charge in [-0.3, -0.25) is 4.79 Å². The first-order valence-electron chi connectivity index (χ1n) is 4.80. The molecule has 1 aliphatic heterocycles. The summed E-state index contributed by atoms with van der Waals surface area (Å²) in [6.07, 6.45) is 4.62. The van der Waals surface area contributed by atoms with Crippen LogP contribution in [-0.2, 0) is 9.53 Å². The van der Waals surface area contributed by atoms with Crippen LogP contribution in [0.15, 0.2) is 0 Å². The third-order valence-electron chi connectivity index (χ3n) is 2.19. The summed E-state index contributed by atoms with van der Waals surface area (Å²) in [4.78, 5) is 13.5. The third kappa shape index (κ3) is 3.02. The number of nitrogens with one attached hydrogen (secondary N) is 1. The van der Waals surface area contributed by atoms with Gasteiger partial charge in [0.25, 0.3) is 5.91 Å². The number of carbonyl (C=O) groups is 1. The van der Waals surface area contributed by atoms with Gasteiger partial charge >= 0.3 is 0 Å². The fraction of sp³-hybridized carbons (Fsp3) is 0.700. The second kappa shape index (κ2) is 5.63. The molecular formula is C10H16N2O2. The summed E-state index contributed by atoms with van der Waals surface area (Å²) in [5.74, 6) is 2.38. The predicted molar refractivity (Wildman–Crippen MR) is 53.7 cm³/mol. The SMILES string of the molecule is C#CCOC(C)C(=O)N1CCNCC1. The van der Waals surface area contributed by atoms with E-state index in [-0.39, 0.29) is 12.5 Å². The summed E-state index contributed by atoms with van der Waals surface area (Å²) in [5, 5.41) is 3.18. The Labute approximate surface area is 84.6 Å². The zero-order valence-corrected chi connectivity index (χ0v) is 8.45. The van der Waals surface area contributed by atoms with Gasteiger partial charge in [0.15, 0.2) is 0 Å². The van der Waals surface area contributed by atoms with Crippen LogP contribution < -0.4 is 5.32 Å². The highest BCUT2D eigenvalue weighted by Crippen LogP contribution is 2.00. The highest BCUT2D eigenvalue weighted by molar-refractivity contribution is 5.80. The van der Waals surface area contributed by atoms with Crippen LogP contribution >= 0.6 is 0 Å². The molecule has 1 N–H and O–H groups in total. The Morgan fingerprint density at radius 3 is 2.86 bits per heavy atom. The summed E-state index contributed by atoms with van der Waals surface area (Å²) in [6, 6.07) is 0. The van der Waals surface area contributed by atoms with Gasteiger partial charge in [-0.2, -0.15) is 0 Å². The van der Waals surface area contributed by atoms with E-state index in [9.17, 15) is 4.79 Å². The Kier molecular flexibility index (Phi) is 4.44. The monoisotopic (exact) mass is 196 g/mol. The third-order valence-corrected chi connectivity index (χ3v) is 2.19. The number of terminal acetylenes is 1. The van der Waals surface area contributed by atoms with Crippen LogP contribution in [0.25, 0.3) is 0 Å². The maximum atomic E-state index is 11.7. The molecule has 0 spiro atoms. The van der Waals surface area contributed by atoms with Crippen LogP contribution in [0.5, 0.6) is 0 Å². The Bertz CT molecular complexity index is 229. The van der Waals surface area contributed by atoms with Crippen LogP contribution in [0, 0.1) is 12.3 Å². The van der Waals surface area contributed by atoms with Crippen LogP contribution in [0.3, 0.4) is 0 Å². The van der Waals surface area contributed by atoms with E-state index in [4.69, 9.17) is 11.2 Å². The molecule has 0 saturated carbocycles. The second-order valence-corrected chi connectivity index (χ2v) is 3.23. The zero-order chi connectivity index (χ0) is 10.4. The minimum Gasteiger partial charge on any atom is -0.356 e. The van der Waals surface area contributed by atoms with Crippen molar-refractivity contribution in [3.05, 3.63) is 0 Å². The maximum Gasteiger partial charge on any atom is 0.251 e. The standard InChI is InChI=1S/C10H16N2O2/c1-3-8-14-9(2)10(13)12-6-4-11-5-7-12/h1,9,11H,4-8H2,2H3. The normalized spacial score (nSPS) is 18.7. The van der Waals surface area contributed by atoms with Crippen molar-refractivity contribution in [2.75, 3.05) is 32.8 Å². The van der Waals surface area contributed by atoms with Crippen molar-refractivity contribution >= 4 is 5.91 Å². The topological polar surface area (TPSA) is 41.6 Å². The Hall–Kier alpha value is -1.05. The molecule has 1 atom stereocenters. The maximum absolute atomic E-state index is 11.7. The summed E-state index contributed by atoms with van der Waals surface area (Å²) < 4.78 is 5.16. The molecule has 1 aliphatic rings. The summed E-state index contributed by atoms with van der Waals surface area (Å²) in [5.41, 5.74) is 0. The molecule has 0 aliphatic carbocycles. The van der Waals surface area contributed by atoms with E-state index >= 15 is 0 Å². The molecular weight excluding hydrogens is 180 g/mol. The van der Waals surface area contributed by atoms with Crippen LogP contribution in [0.2, 0.25) is 0 Å². The molecule has 4 nitrogen and oxygen atoms in total. The lowest BCUT2D eigenvalue weighted by atomic mass is 10.3. The molecule has 1 amide bonds. The zero-order valence-electron chi connectivity index (χ0n) is 8.45. The molecule has 1 rings (SSSR count). The van der Waals surface area contributed by atoms with Crippen molar-refractivity contribution in [1.29, 1.82) is 0 Å². The van der Waals surface area contributed by atoms with Gasteiger partial charge in [-0.1, -0.05) is 5.92 Å². The first-order valence-corrected chi connectivity index (χ1v) is 4.80. The average molecular weight is 196 g/mol. The molecule has 1 fully saturated rings. The van der Waals surface area contributed by atoms with Crippen molar-refractivity contribution in [3.8, 4) is 12.3 Å². The fourth-order valence-corrected chi connectivity index (χ4v) is 1.39. The first-order chi connectivity index (χ1) is 6.75. The highest BCUT2D eigenvalue weighted by atomic mass is 16.5. The van der Waals surface area contributed by atoms with Gasteiger partial charge in [-0.05, 0) is 6.92 Å². The van der Waals surface area contributed by atoms with E-state index in [0.29, 0.717) is 0 Å². The van der Waals surface area contributed by atoms with E-state index in [0.717, 1.165) is 26.2 Å². The number of hydrogen-bond acceptors (Lipinski definition) is 3. The quantitative estimate of drug-likeness (QED) is 0.616. The second-order valence-electron chi connectivity index (χ2n) is 3.23.